The van der Waals surface area contributed by atoms with Crippen molar-refractivity contribution in [1.29, 1.82) is 0 Å². The second-order valence-corrected chi connectivity index (χ2v) is 9.90. The molecule has 31 heavy (non-hydrogen) atoms. The van der Waals surface area contributed by atoms with Crippen molar-refractivity contribution in [3.05, 3.63) is 23.3 Å². The third kappa shape index (κ3) is 4.19. The van der Waals surface area contributed by atoms with Crippen LogP contribution in [-0.2, 0) is 16.2 Å². The average Bonchev–Trinajstić information content (AvgIpc) is 3.23. The van der Waals surface area contributed by atoms with E-state index >= 15 is 0 Å². The zero-order valence-corrected chi connectivity index (χ0v) is 17.7. The standard InChI is InChI=1S/C18H24F3N7O2S/c1-28(17(22)8-9-17)11-4-2-10(3-5-11)12-6-7-13(18(19,20)21)15(31(23,29)30)14(12)16-24-26-27-25-16/h6-7,10-11H,2-5,8-9,22H2,1H3,(H2,23,29,30)(H,24,25,26,27). The Morgan fingerprint density at radius 3 is 2.32 bits per heavy atom. The van der Waals surface area contributed by atoms with Gasteiger partial charge in [-0.1, -0.05) is 6.07 Å². The first-order chi connectivity index (χ1) is 14.4. The number of alkyl halides is 3. The molecule has 5 N–H and O–H groups in total. The van der Waals surface area contributed by atoms with Crippen LogP contribution in [-0.4, -0.2) is 52.7 Å². The largest absolute Gasteiger partial charge is 0.417 e. The van der Waals surface area contributed by atoms with E-state index in [0.29, 0.717) is 18.4 Å². The summed E-state index contributed by atoms with van der Waals surface area (Å²) in [7, 11) is -2.74. The van der Waals surface area contributed by atoms with Crippen LogP contribution in [0.1, 0.15) is 55.6 Å². The number of aromatic amines is 1. The summed E-state index contributed by atoms with van der Waals surface area (Å²) < 4.78 is 65.5. The van der Waals surface area contributed by atoms with Crippen LogP contribution in [0.3, 0.4) is 0 Å². The maximum Gasteiger partial charge on any atom is 0.417 e. The molecule has 0 aliphatic heterocycles. The van der Waals surface area contributed by atoms with Gasteiger partial charge in [0.25, 0.3) is 0 Å². The van der Waals surface area contributed by atoms with Crippen molar-refractivity contribution in [2.45, 2.75) is 67.2 Å². The van der Waals surface area contributed by atoms with E-state index in [1.54, 1.807) is 0 Å². The van der Waals surface area contributed by atoms with Gasteiger partial charge in [-0.3, -0.25) is 4.90 Å². The number of halogens is 3. The quantitative estimate of drug-likeness (QED) is 0.580. The summed E-state index contributed by atoms with van der Waals surface area (Å²) in [6.07, 6.45) is -0.130. The molecular formula is C18H24F3N7O2S. The second kappa shape index (κ2) is 7.50. The lowest BCUT2D eigenvalue weighted by molar-refractivity contribution is -0.139. The molecule has 0 spiro atoms. The normalized spacial score (nSPS) is 23.8. The highest BCUT2D eigenvalue weighted by atomic mass is 32.2. The van der Waals surface area contributed by atoms with Crippen LogP contribution in [0, 0.1) is 0 Å². The Morgan fingerprint density at radius 1 is 1.19 bits per heavy atom. The van der Waals surface area contributed by atoms with E-state index in [2.05, 4.69) is 25.5 Å². The molecule has 2 aromatic rings. The van der Waals surface area contributed by atoms with Crippen molar-refractivity contribution in [3.8, 4) is 11.4 Å². The molecule has 0 unspecified atom stereocenters. The maximum absolute atomic E-state index is 13.6. The van der Waals surface area contributed by atoms with Gasteiger partial charge in [-0.25, -0.2) is 13.6 Å². The van der Waals surface area contributed by atoms with Gasteiger partial charge < -0.3 is 5.73 Å². The van der Waals surface area contributed by atoms with E-state index < -0.39 is 26.7 Å². The Hall–Kier alpha value is -2.09. The number of aromatic nitrogens is 4. The number of H-pyrrole nitrogens is 1. The lowest BCUT2D eigenvalue weighted by Crippen LogP contribution is -2.48. The summed E-state index contributed by atoms with van der Waals surface area (Å²) in [5, 5.41) is 18.3. The number of sulfonamides is 1. The van der Waals surface area contributed by atoms with Gasteiger partial charge in [-0.15, -0.1) is 10.2 Å². The molecule has 0 radical (unpaired) electrons. The summed E-state index contributed by atoms with van der Waals surface area (Å²) in [5.41, 5.74) is 4.88. The molecule has 1 heterocycles. The van der Waals surface area contributed by atoms with Crippen LogP contribution in [0.15, 0.2) is 17.0 Å². The zero-order chi connectivity index (χ0) is 22.6. The number of benzene rings is 1. The van der Waals surface area contributed by atoms with E-state index in [1.807, 2.05) is 7.05 Å². The number of hydrogen-bond donors (Lipinski definition) is 3. The van der Waals surface area contributed by atoms with Gasteiger partial charge in [0.2, 0.25) is 15.8 Å². The van der Waals surface area contributed by atoms with Gasteiger partial charge in [0.15, 0.2) is 0 Å². The average molecular weight is 459 g/mol. The minimum Gasteiger partial charge on any atom is -0.313 e. The molecule has 2 saturated carbocycles. The lowest BCUT2D eigenvalue weighted by atomic mass is 9.79. The highest BCUT2D eigenvalue weighted by molar-refractivity contribution is 7.89. The molecule has 2 aliphatic rings. The topological polar surface area (TPSA) is 144 Å². The fraction of sp³-hybridized carbons (Fsp3) is 0.611. The maximum atomic E-state index is 13.6. The Balaban J connectivity index is 1.75. The number of tetrazole rings is 1. The number of nitrogens with two attached hydrogens (primary N) is 2. The number of nitrogens with zero attached hydrogens (tertiary/aromatic N) is 4. The Bertz CT molecular complexity index is 1060. The van der Waals surface area contributed by atoms with E-state index in [4.69, 9.17) is 10.9 Å². The molecule has 1 aromatic heterocycles. The molecule has 0 bridgehead atoms. The van der Waals surface area contributed by atoms with Crippen LogP contribution in [0.25, 0.3) is 11.4 Å². The van der Waals surface area contributed by atoms with Crippen LogP contribution < -0.4 is 10.9 Å². The Morgan fingerprint density at radius 2 is 1.84 bits per heavy atom. The fourth-order valence-corrected chi connectivity index (χ4v) is 5.56. The monoisotopic (exact) mass is 459 g/mol. The minimum atomic E-state index is -4.92. The molecule has 1 aromatic carbocycles. The van der Waals surface area contributed by atoms with E-state index in [1.165, 1.54) is 6.07 Å². The van der Waals surface area contributed by atoms with E-state index in [9.17, 15) is 21.6 Å². The SMILES string of the molecule is CN(C1CCC(c2ccc(C(F)(F)F)c(S(N)(=O)=O)c2-c2nn[nH]n2)CC1)C1(N)CC1. The van der Waals surface area contributed by atoms with Crippen molar-refractivity contribution in [2.24, 2.45) is 10.9 Å². The molecule has 2 aliphatic carbocycles. The highest BCUT2D eigenvalue weighted by Gasteiger charge is 2.46. The first kappa shape index (κ1) is 22.1. The molecular weight excluding hydrogens is 435 g/mol. The van der Waals surface area contributed by atoms with Gasteiger partial charge >= 0.3 is 6.18 Å². The van der Waals surface area contributed by atoms with E-state index in [0.717, 1.165) is 31.7 Å². The smallest absolute Gasteiger partial charge is 0.313 e. The molecule has 13 heteroatoms. The summed E-state index contributed by atoms with van der Waals surface area (Å²) in [6.45, 7) is 0. The fourth-order valence-electron chi connectivity index (χ4n) is 4.57. The molecule has 0 saturated heterocycles. The predicted molar refractivity (Wildman–Crippen MR) is 105 cm³/mol. The number of nitrogens with one attached hydrogen (secondary N) is 1. The van der Waals surface area contributed by atoms with E-state index in [-0.39, 0.29) is 29.0 Å². The predicted octanol–water partition coefficient (Wildman–Crippen LogP) is 1.94. The van der Waals surface area contributed by atoms with Gasteiger partial charge in [0, 0.05) is 11.6 Å². The molecule has 170 valence electrons. The first-order valence-electron chi connectivity index (χ1n) is 9.94. The summed E-state index contributed by atoms with van der Waals surface area (Å²) in [4.78, 5) is 1.17. The van der Waals surface area contributed by atoms with Gasteiger partial charge in [0.1, 0.15) is 4.90 Å². The van der Waals surface area contributed by atoms with Crippen molar-refractivity contribution < 1.29 is 21.6 Å². The third-order valence-corrected chi connectivity index (χ3v) is 7.49. The second-order valence-electron chi connectivity index (χ2n) is 8.40. The first-order valence-corrected chi connectivity index (χ1v) is 11.5. The number of rotatable bonds is 5. The summed E-state index contributed by atoms with van der Waals surface area (Å²) in [6, 6.07) is 2.35. The summed E-state index contributed by atoms with van der Waals surface area (Å²) >= 11 is 0. The summed E-state index contributed by atoms with van der Waals surface area (Å²) in [5.74, 6) is -0.405. The third-order valence-electron chi connectivity index (χ3n) is 6.50. The van der Waals surface area contributed by atoms with Crippen molar-refractivity contribution in [3.63, 3.8) is 0 Å². The molecule has 2 fully saturated rings. The van der Waals surface area contributed by atoms with Crippen LogP contribution in [0.5, 0.6) is 0 Å². The van der Waals surface area contributed by atoms with Crippen molar-refractivity contribution in [2.75, 3.05) is 7.05 Å². The Labute approximate surface area is 177 Å². The molecule has 0 atom stereocenters. The van der Waals surface area contributed by atoms with Crippen LogP contribution >= 0.6 is 0 Å². The minimum absolute atomic E-state index is 0.172. The van der Waals surface area contributed by atoms with Gasteiger partial charge in [0.05, 0.1) is 11.2 Å². The van der Waals surface area contributed by atoms with Gasteiger partial charge in [-0.2, -0.15) is 18.4 Å². The molecule has 4 rings (SSSR count). The number of hydrogen-bond acceptors (Lipinski definition) is 7. The van der Waals surface area contributed by atoms with Crippen molar-refractivity contribution in [1.82, 2.24) is 25.5 Å². The van der Waals surface area contributed by atoms with Crippen LogP contribution in [0.2, 0.25) is 0 Å². The van der Waals surface area contributed by atoms with Crippen molar-refractivity contribution >= 4 is 10.0 Å². The van der Waals surface area contributed by atoms with Gasteiger partial charge in [-0.05, 0) is 68.3 Å². The van der Waals surface area contributed by atoms with Crippen LogP contribution in [0.4, 0.5) is 13.2 Å². The Kier molecular flexibility index (Phi) is 5.35. The number of primary sulfonamides is 1. The zero-order valence-electron chi connectivity index (χ0n) is 16.9. The lowest BCUT2D eigenvalue weighted by Gasteiger charge is -2.38. The molecule has 9 nitrogen and oxygen atoms in total. The molecule has 0 amide bonds. The highest BCUT2D eigenvalue weighted by Crippen LogP contribution is 2.46.